The second kappa shape index (κ2) is 7.59. The molecule has 2 amide bonds. The number of carbonyl (C=O) groups is 2. The quantitative estimate of drug-likeness (QED) is 0.718. The van der Waals surface area contributed by atoms with Crippen LogP contribution in [0.25, 0.3) is 0 Å². The Hall–Kier alpha value is -1.14. The van der Waals surface area contributed by atoms with Gasteiger partial charge in [0.1, 0.15) is 0 Å². The second-order valence-electron chi connectivity index (χ2n) is 5.70. The van der Waals surface area contributed by atoms with E-state index >= 15 is 0 Å². The fraction of sp³-hybridized carbons (Fsp3) is 0.857. The molecule has 1 aliphatic rings. The molecule has 0 radical (unpaired) electrons. The van der Waals surface area contributed by atoms with E-state index in [1.807, 2.05) is 0 Å². The van der Waals surface area contributed by atoms with E-state index in [-0.39, 0.29) is 18.4 Å². The number of hydrogen-bond acceptors (Lipinski definition) is 4. The second-order valence-corrected chi connectivity index (χ2v) is 5.70. The number of methoxy groups -OCH3 is 1. The predicted octanol–water partition coefficient (Wildman–Crippen LogP) is 0.0687. The summed E-state index contributed by atoms with van der Waals surface area (Å²) >= 11 is 0. The number of nitrogens with zero attached hydrogens (tertiary/aromatic N) is 2. The highest BCUT2D eigenvalue weighted by atomic mass is 16.5. The largest absolute Gasteiger partial charge is 0.383 e. The Morgan fingerprint density at radius 3 is 2.30 bits per heavy atom. The van der Waals surface area contributed by atoms with E-state index in [0.717, 1.165) is 25.7 Å². The van der Waals surface area contributed by atoms with Crippen LogP contribution >= 0.6 is 0 Å². The molecule has 6 heteroatoms. The van der Waals surface area contributed by atoms with Crippen LogP contribution < -0.4 is 5.73 Å². The van der Waals surface area contributed by atoms with E-state index in [1.54, 1.807) is 26.1 Å². The first-order valence-corrected chi connectivity index (χ1v) is 7.15. The summed E-state index contributed by atoms with van der Waals surface area (Å²) < 4.78 is 5.04. The Bertz CT molecular complexity index is 339. The number of nitrogens with two attached hydrogens (primary N) is 1. The number of likely N-dealkylation sites (N-methyl/N-ethyl adjacent to an activating group) is 1. The van der Waals surface area contributed by atoms with Gasteiger partial charge in [-0.3, -0.25) is 9.59 Å². The van der Waals surface area contributed by atoms with Gasteiger partial charge in [0.25, 0.3) is 0 Å². The fourth-order valence-corrected chi connectivity index (χ4v) is 2.65. The molecule has 1 rings (SSSR count). The summed E-state index contributed by atoms with van der Waals surface area (Å²) in [5.74, 6) is -0.0793. The first-order chi connectivity index (χ1) is 9.46. The van der Waals surface area contributed by atoms with Crippen molar-refractivity contribution < 1.29 is 14.3 Å². The molecule has 0 atom stereocenters. The Kier molecular flexibility index (Phi) is 6.42. The molecule has 116 valence electrons. The van der Waals surface area contributed by atoms with Gasteiger partial charge in [-0.1, -0.05) is 12.8 Å². The number of carbonyl (C=O) groups excluding carboxylic acids is 2. The molecule has 1 fully saturated rings. The Labute approximate surface area is 121 Å². The normalized spacial score (nSPS) is 17.0. The number of amides is 2. The topological polar surface area (TPSA) is 75.9 Å². The lowest BCUT2D eigenvalue weighted by Gasteiger charge is -2.33. The van der Waals surface area contributed by atoms with Crippen molar-refractivity contribution in [2.45, 2.75) is 25.7 Å². The fourth-order valence-electron chi connectivity index (χ4n) is 2.65. The Balaban J connectivity index is 2.80. The van der Waals surface area contributed by atoms with Crippen molar-refractivity contribution in [3.8, 4) is 0 Å². The third kappa shape index (κ3) is 3.93. The van der Waals surface area contributed by atoms with Crippen molar-refractivity contribution in [2.75, 3.05) is 47.4 Å². The zero-order valence-corrected chi connectivity index (χ0v) is 12.9. The Morgan fingerprint density at radius 2 is 1.85 bits per heavy atom. The van der Waals surface area contributed by atoms with Crippen molar-refractivity contribution in [3.05, 3.63) is 0 Å². The monoisotopic (exact) mass is 285 g/mol. The maximum atomic E-state index is 12.8. The first kappa shape index (κ1) is 16.9. The van der Waals surface area contributed by atoms with Gasteiger partial charge in [-0.2, -0.15) is 0 Å². The van der Waals surface area contributed by atoms with Gasteiger partial charge in [0.05, 0.1) is 18.6 Å². The lowest BCUT2D eigenvalue weighted by Crippen LogP contribution is -2.50. The molecule has 0 spiro atoms. The molecule has 6 nitrogen and oxygen atoms in total. The summed E-state index contributed by atoms with van der Waals surface area (Å²) in [7, 11) is 4.97. The molecule has 1 aliphatic carbocycles. The maximum absolute atomic E-state index is 12.8. The molecule has 0 aromatic rings. The molecule has 0 bridgehead atoms. The van der Waals surface area contributed by atoms with Crippen LogP contribution in [0.5, 0.6) is 0 Å². The van der Waals surface area contributed by atoms with Crippen molar-refractivity contribution in [1.29, 1.82) is 0 Å². The Morgan fingerprint density at radius 1 is 1.25 bits per heavy atom. The summed E-state index contributed by atoms with van der Waals surface area (Å²) in [4.78, 5) is 27.8. The number of rotatable bonds is 7. The molecule has 20 heavy (non-hydrogen) atoms. The summed E-state index contributed by atoms with van der Waals surface area (Å²) in [6.07, 6.45) is 3.70. The number of ether oxygens (including phenoxy) is 1. The van der Waals surface area contributed by atoms with Gasteiger partial charge in [-0.05, 0) is 12.8 Å². The van der Waals surface area contributed by atoms with Crippen LogP contribution in [-0.2, 0) is 14.3 Å². The van der Waals surface area contributed by atoms with Gasteiger partial charge in [-0.25, -0.2) is 0 Å². The van der Waals surface area contributed by atoms with Gasteiger partial charge >= 0.3 is 0 Å². The molecular formula is C14H27N3O3. The molecular weight excluding hydrogens is 258 g/mol. The predicted molar refractivity (Wildman–Crippen MR) is 77.1 cm³/mol. The van der Waals surface area contributed by atoms with Crippen molar-refractivity contribution in [2.24, 2.45) is 11.1 Å². The highest BCUT2D eigenvalue weighted by molar-refractivity contribution is 5.88. The third-order valence-corrected chi connectivity index (χ3v) is 4.08. The van der Waals surface area contributed by atoms with E-state index < -0.39 is 5.41 Å². The average Bonchev–Trinajstić information content (AvgIpc) is 2.92. The average molecular weight is 285 g/mol. The highest BCUT2D eigenvalue weighted by Gasteiger charge is 2.42. The zero-order valence-electron chi connectivity index (χ0n) is 12.9. The molecule has 0 aromatic carbocycles. The van der Waals surface area contributed by atoms with E-state index in [0.29, 0.717) is 19.7 Å². The van der Waals surface area contributed by atoms with Crippen LogP contribution in [0.15, 0.2) is 0 Å². The molecule has 0 saturated heterocycles. The molecule has 0 heterocycles. The van der Waals surface area contributed by atoms with E-state index in [9.17, 15) is 9.59 Å². The van der Waals surface area contributed by atoms with Crippen LogP contribution in [-0.4, -0.2) is 69.1 Å². The minimum atomic E-state index is -0.472. The van der Waals surface area contributed by atoms with Crippen LogP contribution in [0.2, 0.25) is 0 Å². The highest BCUT2D eigenvalue weighted by Crippen LogP contribution is 2.38. The smallest absolute Gasteiger partial charge is 0.241 e. The summed E-state index contributed by atoms with van der Waals surface area (Å²) in [6.45, 7) is 1.30. The summed E-state index contributed by atoms with van der Waals surface area (Å²) in [5.41, 5.74) is 5.38. The van der Waals surface area contributed by atoms with Gasteiger partial charge in [0.15, 0.2) is 0 Å². The minimum absolute atomic E-state index is 0.00440. The zero-order chi connectivity index (χ0) is 15.2. The first-order valence-electron chi connectivity index (χ1n) is 7.15. The van der Waals surface area contributed by atoms with E-state index in [2.05, 4.69) is 0 Å². The van der Waals surface area contributed by atoms with Gasteiger partial charge in [0.2, 0.25) is 11.8 Å². The van der Waals surface area contributed by atoms with Crippen LogP contribution in [0.1, 0.15) is 25.7 Å². The van der Waals surface area contributed by atoms with E-state index in [4.69, 9.17) is 10.5 Å². The summed E-state index contributed by atoms with van der Waals surface area (Å²) in [5, 5.41) is 0. The van der Waals surface area contributed by atoms with Crippen LogP contribution in [0.3, 0.4) is 0 Å². The molecule has 1 saturated carbocycles. The standard InChI is InChI=1S/C14H27N3O3/c1-16(2)12(18)10-17(8-9-20-3)13(19)14(11-15)6-4-5-7-14/h4-11,15H2,1-3H3. The van der Waals surface area contributed by atoms with Crippen molar-refractivity contribution >= 4 is 11.8 Å². The van der Waals surface area contributed by atoms with E-state index in [1.165, 1.54) is 4.90 Å². The molecule has 0 unspecified atom stereocenters. The minimum Gasteiger partial charge on any atom is -0.383 e. The van der Waals surface area contributed by atoms with Crippen LogP contribution in [0.4, 0.5) is 0 Å². The van der Waals surface area contributed by atoms with Gasteiger partial charge in [0, 0.05) is 34.3 Å². The SMILES string of the molecule is COCCN(CC(=O)N(C)C)C(=O)C1(CN)CCCC1. The lowest BCUT2D eigenvalue weighted by atomic mass is 9.84. The van der Waals surface area contributed by atoms with Crippen molar-refractivity contribution in [3.63, 3.8) is 0 Å². The summed E-state index contributed by atoms with van der Waals surface area (Å²) in [6, 6.07) is 0. The molecule has 0 aromatic heterocycles. The van der Waals surface area contributed by atoms with Gasteiger partial charge in [-0.15, -0.1) is 0 Å². The third-order valence-electron chi connectivity index (χ3n) is 4.08. The maximum Gasteiger partial charge on any atom is 0.241 e. The molecule has 2 N–H and O–H groups in total. The lowest BCUT2D eigenvalue weighted by molar-refractivity contribution is -0.146. The van der Waals surface area contributed by atoms with Gasteiger partial charge < -0.3 is 20.3 Å². The van der Waals surface area contributed by atoms with Crippen LogP contribution in [0, 0.1) is 5.41 Å². The molecule has 0 aliphatic heterocycles. The number of hydrogen-bond donors (Lipinski definition) is 1. The van der Waals surface area contributed by atoms with Crippen molar-refractivity contribution in [1.82, 2.24) is 9.80 Å².